The first-order valence-electron chi connectivity index (χ1n) is 9.37. The van der Waals surface area contributed by atoms with E-state index in [1.165, 1.54) is 0 Å². The van der Waals surface area contributed by atoms with E-state index in [9.17, 15) is 4.79 Å². The molecule has 8 heteroatoms. The molecule has 2 aromatic rings. The van der Waals surface area contributed by atoms with Gasteiger partial charge in [0.2, 0.25) is 6.10 Å². The van der Waals surface area contributed by atoms with Crippen molar-refractivity contribution in [2.45, 2.75) is 6.10 Å². The molecule has 1 fully saturated rings. The number of rotatable bonds is 2. The fourth-order valence-corrected chi connectivity index (χ4v) is 3.64. The van der Waals surface area contributed by atoms with Crippen LogP contribution in [0.15, 0.2) is 48.5 Å². The molecule has 2 aliphatic rings. The summed E-state index contributed by atoms with van der Waals surface area (Å²) in [5.74, 6) is 1.19. The van der Waals surface area contributed by atoms with Gasteiger partial charge in [0.25, 0.3) is 5.91 Å². The fraction of sp³-hybridized carbons (Fsp3) is 0.286. The number of nitriles is 1. The van der Waals surface area contributed by atoms with Crippen molar-refractivity contribution in [2.75, 3.05) is 38.1 Å². The zero-order valence-corrected chi connectivity index (χ0v) is 16.5. The summed E-state index contributed by atoms with van der Waals surface area (Å²) in [5, 5.41) is 12.8. The van der Waals surface area contributed by atoms with Crippen LogP contribution in [0.4, 0.5) is 5.69 Å². The van der Waals surface area contributed by atoms with Gasteiger partial charge in [-0.2, -0.15) is 5.26 Å². The summed E-state index contributed by atoms with van der Waals surface area (Å²) in [7, 11) is 0. The van der Waals surface area contributed by atoms with Gasteiger partial charge in [-0.3, -0.25) is 4.79 Å². The first-order valence-corrected chi connectivity index (χ1v) is 9.78. The number of hydrogen-bond donors (Lipinski definition) is 1. The number of amides is 1. The molecule has 1 saturated heterocycles. The highest BCUT2D eigenvalue weighted by Gasteiger charge is 2.33. The van der Waals surface area contributed by atoms with Crippen molar-refractivity contribution in [1.82, 2.24) is 9.80 Å². The number of para-hydroxylation sites is 2. The second-order valence-corrected chi connectivity index (χ2v) is 7.19. The van der Waals surface area contributed by atoms with Gasteiger partial charge in [0.05, 0.1) is 11.6 Å². The Balaban J connectivity index is 1.30. The van der Waals surface area contributed by atoms with Crippen LogP contribution in [0, 0.1) is 11.3 Å². The lowest BCUT2D eigenvalue weighted by molar-refractivity contribution is -0.142. The van der Waals surface area contributed by atoms with Gasteiger partial charge in [-0.25, -0.2) is 0 Å². The van der Waals surface area contributed by atoms with Crippen molar-refractivity contribution in [3.63, 3.8) is 0 Å². The first kappa shape index (κ1) is 19.0. The molecule has 29 heavy (non-hydrogen) atoms. The molecule has 1 atom stereocenters. The number of hydrogen-bond acceptors (Lipinski definition) is 5. The van der Waals surface area contributed by atoms with Gasteiger partial charge in [0.1, 0.15) is 6.61 Å². The van der Waals surface area contributed by atoms with Crippen LogP contribution >= 0.6 is 12.2 Å². The molecule has 2 heterocycles. The van der Waals surface area contributed by atoms with E-state index in [0.29, 0.717) is 48.4 Å². The summed E-state index contributed by atoms with van der Waals surface area (Å²) in [6.45, 7) is 2.57. The van der Waals surface area contributed by atoms with Crippen molar-refractivity contribution in [2.24, 2.45) is 0 Å². The summed E-state index contributed by atoms with van der Waals surface area (Å²) in [6, 6.07) is 16.6. The molecule has 0 saturated carbocycles. The lowest BCUT2D eigenvalue weighted by Crippen LogP contribution is -2.55. The number of ether oxygens (including phenoxy) is 2. The third-order valence-corrected chi connectivity index (χ3v) is 5.27. The first-order chi connectivity index (χ1) is 14.1. The van der Waals surface area contributed by atoms with E-state index in [2.05, 4.69) is 11.4 Å². The molecule has 0 aromatic heterocycles. The molecule has 0 aliphatic carbocycles. The molecule has 2 aliphatic heterocycles. The maximum atomic E-state index is 12.8. The molecule has 1 amide bonds. The Kier molecular flexibility index (Phi) is 5.49. The average molecular weight is 408 g/mol. The predicted molar refractivity (Wildman–Crippen MR) is 112 cm³/mol. The van der Waals surface area contributed by atoms with E-state index in [1.807, 2.05) is 35.2 Å². The smallest absolute Gasteiger partial charge is 0.267 e. The second-order valence-electron chi connectivity index (χ2n) is 6.80. The van der Waals surface area contributed by atoms with Crippen molar-refractivity contribution in [3.05, 3.63) is 54.1 Å². The number of nitrogens with one attached hydrogen (secondary N) is 1. The van der Waals surface area contributed by atoms with E-state index in [1.54, 1.807) is 23.1 Å². The van der Waals surface area contributed by atoms with Crippen molar-refractivity contribution >= 4 is 28.9 Å². The molecule has 1 N–H and O–H groups in total. The third-order valence-electron chi connectivity index (χ3n) is 4.91. The van der Waals surface area contributed by atoms with Crippen LogP contribution in [0.5, 0.6) is 11.5 Å². The molecule has 2 aromatic carbocycles. The van der Waals surface area contributed by atoms with E-state index in [0.717, 1.165) is 5.69 Å². The topological polar surface area (TPSA) is 77.8 Å². The van der Waals surface area contributed by atoms with E-state index in [-0.39, 0.29) is 12.5 Å². The Labute approximate surface area is 174 Å². The normalized spacial score (nSPS) is 18.0. The minimum absolute atomic E-state index is 0.0697. The van der Waals surface area contributed by atoms with Crippen LogP contribution in [0.2, 0.25) is 0 Å². The molecule has 148 valence electrons. The van der Waals surface area contributed by atoms with Gasteiger partial charge in [0.15, 0.2) is 16.6 Å². The van der Waals surface area contributed by atoms with Gasteiger partial charge < -0.3 is 24.6 Å². The van der Waals surface area contributed by atoms with E-state index in [4.69, 9.17) is 27.0 Å². The highest BCUT2D eigenvalue weighted by Crippen LogP contribution is 2.31. The van der Waals surface area contributed by atoms with Gasteiger partial charge in [-0.1, -0.05) is 18.2 Å². The summed E-state index contributed by atoms with van der Waals surface area (Å²) in [4.78, 5) is 16.6. The Morgan fingerprint density at radius 1 is 1.07 bits per heavy atom. The highest BCUT2D eigenvalue weighted by atomic mass is 32.1. The van der Waals surface area contributed by atoms with Gasteiger partial charge in [-0.15, -0.1) is 0 Å². The third kappa shape index (κ3) is 4.25. The number of thiocarbonyl (C=S) groups is 1. The van der Waals surface area contributed by atoms with Crippen molar-refractivity contribution in [1.29, 1.82) is 5.26 Å². The Hall–Kier alpha value is -3.31. The lowest BCUT2D eigenvalue weighted by atomic mass is 10.2. The standard InChI is InChI=1S/C21H20N4O3S/c22-13-15-4-3-5-16(12-15)23-21(29)25-10-8-24(9-11-25)20(26)19-14-27-17-6-1-2-7-18(17)28-19/h1-7,12,19H,8-11,14H2,(H,23,29). The fourth-order valence-electron chi connectivity index (χ4n) is 3.34. The minimum Gasteiger partial charge on any atom is -0.485 e. The number of fused-ring (bicyclic) bond motifs is 1. The number of piperazine rings is 1. The molecule has 1 unspecified atom stereocenters. The van der Waals surface area contributed by atoms with Gasteiger partial charge in [-0.05, 0) is 42.5 Å². The lowest BCUT2D eigenvalue weighted by Gasteiger charge is -2.38. The quantitative estimate of drug-likeness (QED) is 0.764. The predicted octanol–water partition coefficient (Wildman–Crippen LogP) is 2.24. The van der Waals surface area contributed by atoms with Crippen molar-refractivity contribution in [3.8, 4) is 17.6 Å². The van der Waals surface area contributed by atoms with Crippen LogP contribution in [0.25, 0.3) is 0 Å². The number of carbonyl (C=O) groups is 1. The van der Waals surface area contributed by atoms with Crippen LogP contribution in [-0.4, -0.2) is 59.7 Å². The van der Waals surface area contributed by atoms with Crippen LogP contribution < -0.4 is 14.8 Å². The second kappa shape index (κ2) is 8.37. The maximum absolute atomic E-state index is 12.8. The van der Waals surface area contributed by atoms with Crippen LogP contribution in [0.3, 0.4) is 0 Å². The van der Waals surface area contributed by atoms with E-state index < -0.39 is 6.10 Å². The molecule has 7 nitrogen and oxygen atoms in total. The summed E-state index contributed by atoms with van der Waals surface area (Å²) >= 11 is 5.49. The number of nitrogens with zero attached hydrogens (tertiary/aromatic N) is 3. The zero-order chi connectivity index (χ0) is 20.2. The number of benzene rings is 2. The van der Waals surface area contributed by atoms with Gasteiger partial charge in [0, 0.05) is 31.9 Å². The molecule has 0 bridgehead atoms. The molecule has 0 spiro atoms. The highest BCUT2D eigenvalue weighted by molar-refractivity contribution is 7.80. The Bertz CT molecular complexity index is 966. The van der Waals surface area contributed by atoms with Crippen molar-refractivity contribution < 1.29 is 14.3 Å². The monoisotopic (exact) mass is 408 g/mol. The largest absolute Gasteiger partial charge is 0.485 e. The van der Waals surface area contributed by atoms with Crippen LogP contribution in [0.1, 0.15) is 5.56 Å². The minimum atomic E-state index is -0.629. The maximum Gasteiger partial charge on any atom is 0.267 e. The molecular formula is C21H20N4O3S. The number of carbonyl (C=O) groups excluding carboxylic acids is 1. The average Bonchev–Trinajstić information content (AvgIpc) is 2.78. The van der Waals surface area contributed by atoms with Crippen LogP contribution in [-0.2, 0) is 4.79 Å². The molecule has 4 rings (SSSR count). The Morgan fingerprint density at radius 2 is 1.79 bits per heavy atom. The molecular weight excluding hydrogens is 388 g/mol. The van der Waals surface area contributed by atoms with Gasteiger partial charge >= 0.3 is 0 Å². The van der Waals surface area contributed by atoms with E-state index >= 15 is 0 Å². The summed E-state index contributed by atoms with van der Waals surface area (Å²) in [5.41, 5.74) is 1.35. The summed E-state index contributed by atoms with van der Waals surface area (Å²) in [6.07, 6.45) is -0.629. The Morgan fingerprint density at radius 3 is 2.55 bits per heavy atom. The zero-order valence-electron chi connectivity index (χ0n) is 15.7. The molecule has 0 radical (unpaired) electrons. The number of anilines is 1. The summed E-state index contributed by atoms with van der Waals surface area (Å²) < 4.78 is 11.5. The SMILES string of the molecule is N#Cc1cccc(NC(=S)N2CCN(C(=O)C3COc4ccccc4O3)CC2)c1.